The standard InChI is InChI=1S/C24H23BrFNO/c1-16(2)17-3-5-18(6-4-17)23(27-22-13-9-20(25)10-14-22)15-24(28)19-7-11-21(26)12-8-19/h3-14,16,23,27H,15H2,1-2H3. The summed E-state index contributed by atoms with van der Waals surface area (Å²) in [5.41, 5.74) is 3.76. The van der Waals surface area contributed by atoms with E-state index in [9.17, 15) is 9.18 Å². The van der Waals surface area contributed by atoms with Gasteiger partial charge >= 0.3 is 0 Å². The van der Waals surface area contributed by atoms with Gasteiger partial charge in [0.25, 0.3) is 0 Å². The molecular formula is C24H23BrFNO. The lowest BCUT2D eigenvalue weighted by molar-refractivity contribution is 0.0976. The van der Waals surface area contributed by atoms with Crippen LogP contribution in [0.1, 0.15) is 53.7 Å². The highest BCUT2D eigenvalue weighted by molar-refractivity contribution is 9.10. The summed E-state index contributed by atoms with van der Waals surface area (Å²) in [5, 5.41) is 3.47. The fraction of sp³-hybridized carbons (Fsp3) is 0.208. The normalized spacial score (nSPS) is 12.0. The Hall–Kier alpha value is -2.46. The number of hydrogen-bond donors (Lipinski definition) is 1. The SMILES string of the molecule is CC(C)c1ccc(C(CC(=O)c2ccc(F)cc2)Nc2ccc(Br)cc2)cc1. The van der Waals surface area contributed by atoms with E-state index in [1.165, 1.54) is 29.8 Å². The highest BCUT2D eigenvalue weighted by Gasteiger charge is 2.18. The van der Waals surface area contributed by atoms with Gasteiger partial charge in [-0.15, -0.1) is 0 Å². The van der Waals surface area contributed by atoms with E-state index >= 15 is 0 Å². The topological polar surface area (TPSA) is 29.1 Å². The molecule has 28 heavy (non-hydrogen) atoms. The van der Waals surface area contributed by atoms with E-state index in [0.29, 0.717) is 11.5 Å². The molecule has 4 heteroatoms. The minimum Gasteiger partial charge on any atom is -0.378 e. The number of nitrogens with one attached hydrogen (secondary N) is 1. The third kappa shape index (κ3) is 5.29. The van der Waals surface area contributed by atoms with Crippen LogP contribution in [0.2, 0.25) is 0 Å². The molecule has 0 amide bonds. The van der Waals surface area contributed by atoms with E-state index in [1.807, 2.05) is 24.3 Å². The average molecular weight is 440 g/mol. The number of anilines is 1. The van der Waals surface area contributed by atoms with Crippen LogP contribution in [-0.4, -0.2) is 5.78 Å². The monoisotopic (exact) mass is 439 g/mol. The first-order chi connectivity index (χ1) is 13.4. The number of benzene rings is 3. The first-order valence-corrected chi connectivity index (χ1v) is 10.1. The molecule has 0 saturated heterocycles. The molecule has 0 aliphatic carbocycles. The maximum absolute atomic E-state index is 13.2. The fourth-order valence-corrected chi connectivity index (χ4v) is 3.32. The van der Waals surface area contributed by atoms with Gasteiger partial charge in [-0.1, -0.05) is 54.0 Å². The molecule has 0 fully saturated rings. The number of hydrogen-bond acceptors (Lipinski definition) is 2. The largest absolute Gasteiger partial charge is 0.378 e. The smallest absolute Gasteiger partial charge is 0.165 e. The van der Waals surface area contributed by atoms with Crippen molar-refractivity contribution in [2.75, 3.05) is 5.32 Å². The average Bonchev–Trinajstić information content (AvgIpc) is 2.69. The van der Waals surface area contributed by atoms with E-state index < -0.39 is 0 Å². The summed E-state index contributed by atoms with van der Waals surface area (Å²) in [6, 6.07) is 21.8. The van der Waals surface area contributed by atoms with Crippen LogP contribution in [0.4, 0.5) is 10.1 Å². The van der Waals surface area contributed by atoms with Gasteiger partial charge in [-0.2, -0.15) is 0 Å². The molecule has 2 nitrogen and oxygen atoms in total. The van der Waals surface area contributed by atoms with Crippen LogP contribution in [0, 0.1) is 5.82 Å². The van der Waals surface area contributed by atoms with Crippen LogP contribution in [0.3, 0.4) is 0 Å². The summed E-state index contributed by atoms with van der Waals surface area (Å²) in [6.45, 7) is 4.31. The lowest BCUT2D eigenvalue weighted by Crippen LogP contribution is -2.16. The van der Waals surface area contributed by atoms with E-state index in [4.69, 9.17) is 0 Å². The van der Waals surface area contributed by atoms with Crippen LogP contribution in [0.25, 0.3) is 0 Å². The number of carbonyl (C=O) groups excluding carboxylic acids is 1. The van der Waals surface area contributed by atoms with Crippen LogP contribution in [0.15, 0.2) is 77.3 Å². The van der Waals surface area contributed by atoms with Crippen molar-refractivity contribution in [1.82, 2.24) is 0 Å². The lowest BCUT2D eigenvalue weighted by Gasteiger charge is -2.21. The Morgan fingerprint density at radius 2 is 1.46 bits per heavy atom. The van der Waals surface area contributed by atoms with Gasteiger partial charge in [0, 0.05) is 22.1 Å². The van der Waals surface area contributed by atoms with Crippen molar-refractivity contribution >= 4 is 27.4 Å². The van der Waals surface area contributed by atoms with Crippen LogP contribution < -0.4 is 5.32 Å². The molecule has 0 heterocycles. The molecule has 1 unspecified atom stereocenters. The van der Waals surface area contributed by atoms with Crippen molar-refractivity contribution in [3.63, 3.8) is 0 Å². The Kier molecular flexibility index (Phi) is 6.63. The van der Waals surface area contributed by atoms with Gasteiger partial charge in [0.1, 0.15) is 5.82 Å². The van der Waals surface area contributed by atoms with Crippen molar-refractivity contribution in [2.45, 2.75) is 32.2 Å². The second-order valence-corrected chi connectivity index (χ2v) is 8.08. The Labute approximate surface area is 173 Å². The Bertz CT molecular complexity index is 918. The molecule has 0 bridgehead atoms. The molecule has 1 atom stereocenters. The number of rotatable bonds is 7. The highest BCUT2D eigenvalue weighted by Crippen LogP contribution is 2.27. The number of ketones is 1. The van der Waals surface area contributed by atoms with Crippen molar-refractivity contribution in [3.05, 3.63) is 99.8 Å². The van der Waals surface area contributed by atoms with E-state index in [2.05, 4.69) is 59.4 Å². The van der Waals surface area contributed by atoms with Gasteiger partial charge in [-0.3, -0.25) is 4.79 Å². The lowest BCUT2D eigenvalue weighted by atomic mass is 9.95. The predicted molar refractivity (Wildman–Crippen MR) is 116 cm³/mol. The van der Waals surface area contributed by atoms with Crippen LogP contribution in [-0.2, 0) is 0 Å². The van der Waals surface area contributed by atoms with Crippen molar-refractivity contribution in [3.8, 4) is 0 Å². The first kappa shape index (κ1) is 20.3. The van der Waals surface area contributed by atoms with Crippen molar-refractivity contribution < 1.29 is 9.18 Å². The van der Waals surface area contributed by atoms with E-state index in [-0.39, 0.29) is 24.1 Å². The second-order valence-electron chi connectivity index (χ2n) is 7.16. The summed E-state index contributed by atoms with van der Waals surface area (Å²) < 4.78 is 14.2. The molecule has 0 aliphatic heterocycles. The molecular weight excluding hydrogens is 417 g/mol. The van der Waals surface area contributed by atoms with E-state index in [1.54, 1.807) is 0 Å². The second kappa shape index (κ2) is 9.16. The molecule has 144 valence electrons. The van der Waals surface area contributed by atoms with Gasteiger partial charge in [0.15, 0.2) is 5.78 Å². The zero-order valence-electron chi connectivity index (χ0n) is 16.0. The van der Waals surface area contributed by atoms with Gasteiger partial charge in [-0.25, -0.2) is 4.39 Å². The molecule has 3 rings (SSSR count). The van der Waals surface area contributed by atoms with Gasteiger partial charge < -0.3 is 5.32 Å². The predicted octanol–water partition coefficient (Wildman–Crippen LogP) is 7.14. The molecule has 0 aromatic heterocycles. The van der Waals surface area contributed by atoms with Crippen LogP contribution >= 0.6 is 15.9 Å². The summed E-state index contributed by atoms with van der Waals surface area (Å²) in [5.74, 6) is 0.0840. The molecule has 0 saturated carbocycles. The molecule has 0 aliphatic rings. The molecule has 0 radical (unpaired) electrons. The zero-order valence-corrected chi connectivity index (χ0v) is 17.5. The van der Waals surface area contributed by atoms with Crippen molar-refractivity contribution in [2.24, 2.45) is 0 Å². The maximum atomic E-state index is 13.2. The number of carbonyl (C=O) groups is 1. The van der Waals surface area contributed by atoms with Gasteiger partial charge in [0.2, 0.25) is 0 Å². The Balaban J connectivity index is 1.85. The third-order valence-electron chi connectivity index (χ3n) is 4.75. The third-order valence-corrected chi connectivity index (χ3v) is 5.28. The Morgan fingerprint density at radius 1 is 0.893 bits per heavy atom. The fourth-order valence-electron chi connectivity index (χ4n) is 3.05. The first-order valence-electron chi connectivity index (χ1n) is 9.33. The molecule has 1 N–H and O–H groups in total. The molecule has 3 aromatic carbocycles. The van der Waals surface area contributed by atoms with Crippen molar-refractivity contribution in [1.29, 1.82) is 0 Å². The van der Waals surface area contributed by atoms with E-state index in [0.717, 1.165) is 15.7 Å². The molecule has 0 spiro atoms. The maximum Gasteiger partial charge on any atom is 0.165 e. The number of halogens is 2. The summed E-state index contributed by atoms with van der Waals surface area (Å²) in [4.78, 5) is 12.8. The quantitative estimate of drug-likeness (QED) is 0.396. The molecule has 3 aromatic rings. The van der Waals surface area contributed by atoms with Crippen LogP contribution in [0.5, 0.6) is 0 Å². The highest BCUT2D eigenvalue weighted by atomic mass is 79.9. The van der Waals surface area contributed by atoms with Gasteiger partial charge in [-0.05, 0) is 65.6 Å². The summed E-state index contributed by atoms with van der Waals surface area (Å²) in [6.07, 6.45) is 0.280. The summed E-state index contributed by atoms with van der Waals surface area (Å²) >= 11 is 3.44. The van der Waals surface area contributed by atoms with Gasteiger partial charge in [0.05, 0.1) is 6.04 Å². The minimum absolute atomic E-state index is 0.0254. The summed E-state index contributed by atoms with van der Waals surface area (Å²) in [7, 11) is 0. The number of Topliss-reactive ketones (excluding diaryl/α,β-unsaturated/α-hetero) is 1. The minimum atomic E-state index is -0.342. The zero-order chi connectivity index (χ0) is 20.1. The Morgan fingerprint density at radius 3 is 2.04 bits per heavy atom.